The third-order valence-corrected chi connectivity index (χ3v) is 6.36. The number of fused-ring (bicyclic) bond motifs is 1. The minimum Gasteiger partial charge on any atom is -0.507 e. The van der Waals surface area contributed by atoms with Crippen LogP contribution in [0.25, 0.3) is 11.3 Å². The predicted octanol–water partition coefficient (Wildman–Crippen LogP) is 3.60. The van der Waals surface area contributed by atoms with Gasteiger partial charge in [-0.25, -0.2) is 4.98 Å². The summed E-state index contributed by atoms with van der Waals surface area (Å²) in [5.41, 5.74) is 2.19. The van der Waals surface area contributed by atoms with Crippen molar-refractivity contribution in [2.75, 3.05) is 24.6 Å². The third kappa shape index (κ3) is 2.68. The molecule has 1 N–H and O–H groups in total. The Labute approximate surface area is 151 Å². The summed E-state index contributed by atoms with van der Waals surface area (Å²) in [5.74, 6) is 0.644. The summed E-state index contributed by atoms with van der Waals surface area (Å²) in [4.78, 5) is 19.2. The molecule has 2 aliphatic rings. The van der Waals surface area contributed by atoms with Gasteiger partial charge in [0.25, 0.3) is 0 Å². The van der Waals surface area contributed by atoms with Crippen molar-refractivity contribution in [3.63, 3.8) is 0 Å². The lowest BCUT2D eigenvalue weighted by Crippen LogP contribution is -2.38. The Balaban J connectivity index is 1.50. The van der Waals surface area contributed by atoms with E-state index in [0.29, 0.717) is 18.3 Å². The molecule has 25 heavy (non-hydrogen) atoms. The molecule has 1 unspecified atom stereocenters. The third-order valence-electron chi connectivity index (χ3n) is 5.46. The van der Waals surface area contributed by atoms with Gasteiger partial charge in [-0.3, -0.25) is 4.79 Å². The lowest BCUT2D eigenvalue weighted by molar-refractivity contribution is -0.150. The highest BCUT2D eigenvalue weighted by Gasteiger charge is 2.63. The Kier molecular flexibility index (Phi) is 3.95. The van der Waals surface area contributed by atoms with Gasteiger partial charge in [-0.2, -0.15) is 0 Å². The fourth-order valence-electron chi connectivity index (χ4n) is 3.82. The molecular weight excluding hydrogens is 336 g/mol. The summed E-state index contributed by atoms with van der Waals surface area (Å²) in [6.45, 7) is 5.87. The molecule has 0 bridgehead atoms. The Morgan fingerprint density at radius 3 is 3.12 bits per heavy atom. The van der Waals surface area contributed by atoms with Gasteiger partial charge in [0.15, 0.2) is 5.13 Å². The van der Waals surface area contributed by atoms with Crippen LogP contribution in [0.2, 0.25) is 0 Å². The van der Waals surface area contributed by atoms with Gasteiger partial charge in [-0.15, -0.1) is 11.3 Å². The molecule has 1 saturated heterocycles. The zero-order valence-electron chi connectivity index (χ0n) is 14.5. The molecule has 132 valence electrons. The quantitative estimate of drug-likeness (QED) is 0.846. The molecule has 1 aromatic carbocycles. The van der Waals surface area contributed by atoms with Crippen LogP contribution in [-0.4, -0.2) is 35.8 Å². The summed E-state index contributed by atoms with van der Waals surface area (Å²) < 4.78 is 5.26. The number of anilines is 1. The van der Waals surface area contributed by atoms with Gasteiger partial charge in [-0.1, -0.05) is 12.1 Å². The SMILES string of the molecule is CCOC(=O)[C@@]12CCN(c3nc(-c4cccc(C)c4O)cs3)CC1C2. The summed E-state index contributed by atoms with van der Waals surface area (Å²) >= 11 is 1.59. The zero-order chi connectivity index (χ0) is 17.6. The maximum Gasteiger partial charge on any atom is 0.312 e. The molecule has 2 fully saturated rings. The van der Waals surface area contributed by atoms with Gasteiger partial charge in [0, 0.05) is 24.0 Å². The van der Waals surface area contributed by atoms with Gasteiger partial charge in [0.2, 0.25) is 0 Å². The molecule has 4 rings (SSSR count). The van der Waals surface area contributed by atoms with E-state index in [2.05, 4.69) is 4.90 Å². The minimum atomic E-state index is -0.235. The first-order valence-electron chi connectivity index (χ1n) is 8.72. The second-order valence-corrected chi connectivity index (χ2v) is 7.80. The van der Waals surface area contributed by atoms with E-state index < -0.39 is 0 Å². The number of ether oxygens (including phenoxy) is 1. The number of aryl methyl sites for hydroxylation is 1. The molecule has 5 nitrogen and oxygen atoms in total. The molecule has 0 radical (unpaired) electrons. The molecule has 1 aromatic heterocycles. The average Bonchev–Trinajstić information content (AvgIpc) is 3.16. The minimum absolute atomic E-state index is 0.0239. The Bertz CT molecular complexity index is 819. The Morgan fingerprint density at radius 2 is 2.36 bits per heavy atom. The van der Waals surface area contributed by atoms with Crippen LogP contribution in [0.4, 0.5) is 5.13 Å². The standard InChI is InChI=1S/C19H22N2O3S/c1-3-24-17(23)19-7-8-21(10-13(19)9-19)18-20-15(11-25-18)14-6-4-5-12(2)16(14)22/h4-6,11,13,22H,3,7-10H2,1-2H3/t13?,19-/m1/s1. The number of nitrogens with zero attached hydrogens (tertiary/aromatic N) is 2. The van der Waals surface area contributed by atoms with Crippen molar-refractivity contribution in [2.24, 2.45) is 11.3 Å². The summed E-state index contributed by atoms with van der Waals surface area (Å²) in [5, 5.41) is 13.2. The van der Waals surface area contributed by atoms with Crippen LogP contribution in [0.15, 0.2) is 23.6 Å². The van der Waals surface area contributed by atoms with E-state index in [1.165, 1.54) is 0 Å². The molecular formula is C19H22N2O3S. The number of phenols is 1. The van der Waals surface area contributed by atoms with E-state index >= 15 is 0 Å². The van der Waals surface area contributed by atoms with E-state index in [-0.39, 0.29) is 11.4 Å². The first-order chi connectivity index (χ1) is 12.0. The van der Waals surface area contributed by atoms with E-state index in [1.54, 1.807) is 11.3 Å². The molecule has 0 amide bonds. The number of rotatable bonds is 4. The van der Waals surface area contributed by atoms with Crippen molar-refractivity contribution in [2.45, 2.75) is 26.7 Å². The van der Waals surface area contributed by atoms with Crippen LogP contribution in [0.1, 0.15) is 25.3 Å². The maximum atomic E-state index is 12.2. The van der Waals surface area contributed by atoms with Crippen molar-refractivity contribution < 1.29 is 14.6 Å². The number of aromatic hydroxyl groups is 1. The number of para-hydroxylation sites is 1. The van der Waals surface area contributed by atoms with Crippen molar-refractivity contribution >= 4 is 22.4 Å². The van der Waals surface area contributed by atoms with Crippen LogP contribution in [0.3, 0.4) is 0 Å². The van der Waals surface area contributed by atoms with Crippen molar-refractivity contribution in [3.8, 4) is 17.0 Å². The van der Waals surface area contributed by atoms with Gasteiger partial charge in [0.1, 0.15) is 5.75 Å². The normalized spacial score (nSPS) is 24.7. The van der Waals surface area contributed by atoms with E-state index in [4.69, 9.17) is 9.72 Å². The van der Waals surface area contributed by atoms with Crippen LogP contribution in [-0.2, 0) is 9.53 Å². The number of benzene rings is 1. The fourth-order valence-corrected chi connectivity index (χ4v) is 4.68. The average molecular weight is 358 g/mol. The van der Waals surface area contributed by atoms with Crippen molar-refractivity contribution in [3.05, 3.63) is 29.1 Å². The lowest BCUT2D eigenvalue weighted by atomic mass is 9.95. The Morgan fingerprint density at radius 1 is 1.52 bits per heavy atom. The topological polar surface area (TPSA) is 62.7 Å². The van der Waals surface area contributed by atoms with Crippen LogP contribution < -0.4 is 4.90 Å². The number of phenolic OH excluding ortho intramolecular Hbond substituents is 1. The first-order valence-corrected chi connectivity index (χ1v) is 9.60. The van der Waals surface area contributed by atoms with Gasteiger partial charge in [0.05, 0.1) is 17.7 Å². The van der Waals surface area contributed by atoms with Crippen molar-refractivity contribution in [1.82, 2.24) is 4.98 Å². The van der Waals surface area contributed by atoms with Gasteiger partial charge >= 0.3 is 5.97 Å². The lowest BCUT2D eigenvalue weighted by Gasteiger charge is -2.30. The molecule has 1 aliphatic carbocycles. The second-order valence-electron chi connectivity index (χ2n) is 6.96. The first kappa shape index (κ1) is 16.4. The fraction of sp³-hybridized carbons (Fsp3) is 0.474. The molecule has 2 aromatic rings. The highest BCUT2D eigenvalue weighted by atomic mass is 32.1. The van der Waals surface area contributed by atoms with Crippen LogP contribution in [0.5, 0.6) is 5.75 Å². The van der Waals surface area contributed by atoms with Crippen LogP contribution >= 0.6 is 11.3 Å². The smallest absolute Gasteiger partial charge is 0.312 e. The Hall–Kier alpha value is -2.08. The van der Waals surface area contributed by atoms with E-state index in [1.807, 2.05) is 37.4 Å². The number of carbonyl (C=O) groups is 1. The zero-order valence-corrected chi connectivity index (χ0v) is 15.3. The maximum absolute atomic E-state index is 12.2. The second kappa shape index (κ2) is 6.02. The number of hydrogen-bond acceptors (Lipinski definition) is 6. The number of aromatic nitrogens is 1. The highest BCUT2D eigenvalue weighted by Crippen LogP contribution is 2.59. The van der Waals surface area contributed by atoms with Crippen LogP contribution in [0, 0.1) is 18.3 Å². The predicted molar refractivity (Wildman–Crippen MR) is 98.0 cm³/mol. The number of piperidine rings is 1. The molecule has 2 heterocycles. The van der Waals surface area contributed by atoms with Gasteiger partial charge in [-0.05, 0) is 44.2 Å². The number of thiazole rings is 1. The van der Waals surface area contributed by atoms with Gasteiger partial charge < -0.3 is 14.7 Å². The van der Waals surface area contributed by atoms with E-state index in [0.717, 1.165) is 47.9 Å². The van der Waals surface area contributed by atoms with E-state index in [9.17, 15) is 9.90 Å². The number of carbonyl (C=O) groups excluding carboxylic acids is 1. The summed E-state index contributed by atoms with van der Waals surface area (Å²) in [6, 6.07) is 5.71. The number of esters is 1. The monoisotopic (exact) mass is 358 g/mol. The molecule has 0 spiro atoms. The van der Waals surface area contributed by atoms with Crippen molar-refractivity contribution in [1.29, 1.82) is 0 Å². The molecule has 1 saturated carbocycles. The molecule has 2 atom stereocenters. The number of hydrogen-bond donors (Lipinski definition) is 1. The highest BCUT2D eigenvalue weighted by molar-refractivity contribution is 7.14. The molecule has 6 heteroatoms. The summed E-state index contributed by atoms with van der Waals surface area (Å²) in [6.07, 6.45) is 1.76. The molecule has 1 aliphatic heterocycles. The largest absolute Gasteiger partial charge is 0.507 e. The summed E-state index contributed by atoms with van der Waals surface area (Å²) in [7, 11) is 0.